The first-order valence-corrected chi connectivity index (χ1v) is 4.28. The third kappa shape index (κ3) is 1.43. The number of hydrazine groups is 1. The second-order valence-corrected chi connectivity index (χ2v) is 3.20. The summed E-state index contributed by atoms with van der Waals surface area (Å²) in [4.78, 5) is 0. The smallest absolute Gasteiger partial charge is 0.0480 e. The molecule has 3 N–H and O–H groups in total. The van der Waals surface area contributed by atoms with E-state index in [0.29, 0.717) is 6.54 Å². The number of nitrogens with zero attached hydrogens (tertiary/aromatic N) is 1. The predicted molar refractivity (Wildman–Crippen MR) is 53.9 cm³/mol. The highest BCUT2D eigenvalue weighted by molar-refractivity contribution is 5.80. The first-order valence-electron chi connectivity index (χ1n) is 4.28. The molecule has 0 bridgehead atoms. The van der Waals surface area contributed by atoms with Crippen LogP contribution < -0.4 is 11.3 Å². The zero-order chi connectivity index (χ0) is 9.26. The maximum Gasteiger partial charge on any atom is 0.0480 e. The number of nitrogens with two attached hydrogens (primary N) is 1. The van der Waals surface area contributed by atoms with Crippen LogP contribution in [0.2, 0.25) is 0 Å². The van der Waals surface area contributed by atoms with E-state index in [4.69, 9.17) is 5.84 Å². The molecule has 3 heteroatoms. The van der Waals surface area contributed by atoms with Crippen LogP contribution >= 0.6 is 0 Å². The summed E-state index contributed by atoms with van der Waals surface area (Å²) in [5.41, 5.74) is 5.10. The topological polar surface area (TPSA) is 43.0 Å². The zero-order valence-electron chi connectivity index (χ0n) is 7.62. The fourth-order valence-electron chi connectivity index (χ4n) is 1.54. The van der Waals surface area contributed by atoms with E-state index in [1.165, 1.54) is 16.5 Å². The standard InChI is InChI=1S/C10H13N3/c1-13-5-4-9-3-2-8(7-12-11)6-10(9)13/h2-6,12H,7,11H2,1H3. The summed E-state index contributed by atoms with van der Waals surface area (Å²) in [5, 5.41) is 1.27. The molecule has 68 valence electrons. The Hall–Kier alpha value is -1.32. The molecule has 0 fully saturated rings. The van der Waals surface area contributed by atoms with Crippen molar-refractivity contribution in [2.24, 2.45) is 12.9 Å². The minimum Gasteiger partial charge on any atom is -0.351 e. The van der Waals surface area contributed by atoms with Crippen LogP contribution in [0.15, 0.2) is 30.5 Å². The van der Waals surface area contributed by atoms with Gasteiger partial charge in [0.15, 0.2) is 0 Å². The Morgan fingerprint density at radius 2 is 2.23 bits per heavy atom. The molecule has 0 amide bonds. The van der Waals surface area contributed by atoms with E-state index in [1.807, 2.05) is 7.05 Å². The fourth-order valence-corrected chi connectivity index (χ4v) is 1.54. The van der Waals surface area contributed by atoms with Gasteiger partial charge in [0.25, 0.3) is 0 Å². The van der Waals surface area contributed by atoms with E-state index >= 15 is 0 Å². The maximum absolute atomic E-state index is 5.26. The highest BCUT2D eigenvalue weighted by atomic mass is 15.2. The zero-order valence-corrected chi connectivity index (χ0v) is 7.62. The van der Waals surface area contributed by atoms with Crippen LogP contribution in [0.1, 0.15) is 5.56 Å². The van der Waals surface area contributed by atoms with Gasteiger partial charge in [-0.15, -0.1) is 0 Å². The number of benzene rings is 1. The van der Waals surface area contributed by atoms with E-state index in [1.54, 1.807) is 0 Å². The molecule has 1 aromatic heterocycles. The molecule has 13 heavy (non-hydrogen) atoms. The molecule has 3 nitrogen and oxygen atoms in total. The molecule has 0 radical (unpaired) electrons. The Balaban J connectivity index is 2.53. The molecule has 2 rings (SSSR count). The molecule has 1 aromatic carbocycles. The quantitative estimate of drug-likeness (QED) is 0.531. The monoisotopic (exact) mass is 175 g/mol. The number of rotatable bonds is 2. The molecule has 0 atom stereocenters. The van der Waals surface area contributed by atoms with Gasteiger partial charge in [-0.05, 0) is 23.1 Å². The van der Waals surface area contributed by atoms with Crippen molar-refractivity contribution in [3.05, 3.63) is 36.0 Å². The van der Waals surface area contributed by atoms with Crippen LogP contribution in [0.4, 0.5) is 0 Å². The lowest BCUT2D eigenvalue weighted by molar-refractivity contribution is 0.741. The van der Waals surface area contributed by atoms with Crippen molar-refractivity contribution >= 4 is 10.9 Å². The van der Waals surface area contributed by atoms with Crippen molar-refractivity contribution in [1.82, 2.24) is 9.99 Å². The maximum atomic E-state index is 5.26. The van der Waals surface area contributed by atoms with Gasteiger partial charge in [0.05, 0.1) is 0 Å². The van der Waals surface area contributed by atoms with E-state index < -0.39 is 0 Å². The van der Waals surface area contributed by atoms with Crippen molar-refractivity contribution in [1.29, 1.82) is 0 Å². The Labute approximate surface area is 77.1 Å². The third-order valence-electron chi connectivity index (χ3n) is 2.26. The molecule has 1 heterocycles. The van der Waals surface area contributed by atoms with Crippen molar-refractivity contribution in [3.63, 3.8) is 0 Å². The number of aromatic nitrogens is 1. The molecule has 2 aromatic rings. The lowest BCUT2D eigenvalue weighted by Gasteiger charge is -2.01. The Morgan fingerprint density at radius 3 is 3.00 bits per heavy atom. The summed E-state index contributed by atoms with van der Waals surface area (Å²) in [6.45, 7) is 0.709. The summed E-state index contributed by atoms with van der Waals surface area (Å²) < 4.78 is 2.11. The second-order valence-electron chi connectivity index (χ2n) is 3.20. The predicted octanol–water partition coefficient (Wildman–Crippen LogP) is 1.14. The molecular formula is C10H13N3. The molecule has 0 saturated carbocycles. The van der Waals surface area contributed by atoms with Crippen molar-refractivity contribution in [3.8, 4) is 0 Å². The van der Waals surface area contributed by atoms with Gasteiger partial charge >= 0.3 is 0 Å². The number of hydrogen-bond donors (Lipinski definition) is 2. The van der Waals surface area contributed by atoms with Gasteiger partial charge in [-0.3, -0.25) is 11.3 Å². The van der Waals surface area contributed by atoms with Gasteiger partial charge < -0.3 is 4.57 Å². The minimum atomic E-state index is 0.709. The third-order valence-corrected chi connectivity index (χ3v) is 2.26. The number of nitrogens with one attached hydrogen (secondary N) is 1. The number of fused-ring (bicyclic) bond motifs is 1. The van der Waals surface area contributed by atoms with Crippen LogP contribution in [-0.2, 0) is 13.6 Å². The lowest BCUT2D eigenvalue weighted by Crippen LogP contribution is -2.20. The minimum absolute atomic E-state index is 0.709. The normalized spacial score (nSPS) is 10.9. The average Bonchev–Trinajstić information content (AvgIpc) is 2.49. The average molecular weight is 175 g/mol. The van der Waals surface area contributed by atoms with Gasteiger partial charge in [0.2, 0.25) is 0 Å². The summed E-state index contributed by atoms with van der Waals surface area (Å²) in [6, 6.07) is 8.45. The van der Waals surface area contributed by atoms with E-state index in [0.717, 1.165) is 0 Å². The molecular weight excluding hydrogens is 162 g/mol. The number of aryl methyl sites for hydroxylation is 1. The van der Waals surface area contributed by atoms with Crippen molar-refractivity contribution < 1.29 is 0 Å². The van der Waals surface area contributed by atoms with Gasteiger partial charge in [-0.25, -0.2) is 0 Å². The molecule has 0 saturated heterocycles. The Morgan fingerprint density at radius 1 is 1.38 bits per heavy atom. The molecule has 0 aliphatic carbocycles. The Kier molecular flexibility index (Phi) is 2.04. The van der Waals surface area contributed by atoms with Gasteiger partial charge in [-0.1, -0.05) is 12.1 Å². The highest BCUT2D eigenvalue weighted by Crippen LogP contribution is 2.16. The molecule has 0 spiro atoms. The summed E-state index contributed by atoms with van der Waals surface area (Å²) >= 11 is 0. The Bertz CT molecular complexity index is 417. The van der Waals surface area contributed by atoms with E-state index in [9.17, 15) is 0 Å². The summed E-state index contributed by atoms with van der Waals surface area (Å²) in [6.07, 6.45) is 2.06. The first kappa shape index (κ1) is 8.29. The molecule has 0 aliphatic heterocycles. The van der Waals surface area contributed by atoms with Gasteiger partial charge in [-0.2, -0.15) is 0 Å². The van der Waals surface area contributed by atoms with Crippen LogP contribution in [0.3, 0.4) is 0 Å². The van der Waals surface area contributed by atoms with Gasteiger partial charge in [0.1, 0.15) is 0 Å². The molecule has 0 aliphatic rings. The van der Waals surface area contributed by atoms with Crippen molar-refractivity contribution in [2.45, 2.75) is 6.54 Å². The fraction of sp³-hybridized carbons (Fsp3) is 0.200. The van der Waals surface area contributed by atoms with Crippen molar-refractivity contribution in [2.75, 3.05) is 0 Å². The highest BCUT2D eigenvalue weighted by Gasteiger charge is 1.98. The largest absolute Gasteiger partial charge is 0.351 e. The van der Waals surface area contributed by atoms with E-state index in [2.05, 4.69) is 40.5 Å². The van der Waals surface area contributed by atoms with Gasteiger partial charge in [0, 0.05) is 25.3 Å². The lowest BCUT2D eigenvalue weighted by atomic mass is 10.2. The van der Waals surface area contributed by atoms with E-state index in [-0.39, 0.29) is 0 Å². The molecule has 0 unspecified atom stereocenters. The SMILES string of the molecule is Cn1ccc2ccc(CNN)cc21. The van der Waals surface area contributed by atoms with Crippen LogP contribution in [0.5, 0.6) is 0 Å². The second kappa shape index (κ2) is 3.20. The first-order chi connectivity index (χ1) is 6.31. The number of hydrogen-bond acceptors (Lipinski definition) is 2. The van der Waals surface area contributed by atoms with Crippen LogP contribution in [0.25, 0.3) is 10.9 Å². The van der Waals surface area contributed by atoms with Crippen LogP contribution in [0, 0.1) is 0 Å². The summed E-state index contributed by atoms with van der Waals surface area (Å²) in [5.74, 6) is 5.26. The van der Waals surface area contributed by atoms with Crippen LogP contribution in [-0.4, -0.2) is 4.57 Å². The summed E-state index contributed by atoms with van der Waals surface area (Å²) in [7, 11) is 2.04.